The summed E-state index contributed by atoms with van der Waals surface area (Å²) in [5, 5.41) is 2.73. The molecule has 0 aliphatic rings. The number of oxazole rings is 1. The smallest absolute Gasteiger partial charge is 0.289 e. The summed E-state index contributed by atoms with van der Waals surface area (Å²) in [6.45, 7) is 5.39. The van der Waals surface area contributed by atoms with Gasteiger partial charge in [0.15, 0.2) is 15.7 Å². The first-order valence-electron chi connectivity index (χ1n) is 6.70. The van der Waals surface area contributed by atoms with Crippen LogP contribution in [-0.2, 0) is 16.4 Å². The Balaban J connectivity index is 2.11. The number of aryl methyl sites for hydroxylation is 3. The third-order valence-electron chi connectivity index (χ3n) is 3.20. The molecule has 0 atom stereocenters. The zero-order chi connectivity index (χ0) is 16.5. The van der Waals surface area contributed by atoms with E-state index in [1.165, 1.54) is 6.26 Å². The highest BCUT2D eigenvalue weighted by atomic mass is 32.2. The number of aromatic nitrogens is 1. The standard InChI is InChI=1S/C15H18N2O4S/c1-9-7-12(5-6-13(9)22(4,19)20)8-16-15(18)14-10(2)17-11(3)21-14/h5-7H,8H2,1-4H3,(H,16,18). The Morgan fingerprint density at radius 3 is 2.45 bits per heavy atom. The zero-order valence-corrected chi connectivity index (χ0v) is 13.7. The Morgan fingerprint density at radius 2 is 1.95 bits per heavy atom. The van der Waals surface area contributed by atoms with Crippen molar-refractivity contribution in [1.29, 1.82) is 0 Å². The van der Waals surface area contributed by atoms with Crippen LogP contribution < -0.4 is 5.32 Å². The quantitative estimate of drug-likeness (QED) is 0.929. The maximum atomic E-state index is 12.0. The van der Waals surface area contributed by atoms with Crippen molar-refractivity contribution in [2.45, 2.75) is 32.2 Å². The monoisotopic (exact) mass is 322 g/mol. The van der Waals surface area contributed by atoms with Crippen molar-refractivity contribution in [1.82, 2.24) is 10.3 Å². The lowest BCUT2D eigenvalue weighted by Gasteiger charge is -2.08. The molecule has 1 N–H and O–H groups in total. The number of hydrogen-bond acceptors (Lipinski definition) is 5. The van der Waals surface area contributed by atoms with Gasteiger partial charge < -0.3 is 9.73 Å². The average Bonchev–Trinajstić information content (AvgIpc) is 2.73. The van der Waals surface area contributed by atoms with Crippen molar-refractivity contribution in [3.8, 4) is 0 Å². The SMILES string of the molecule is Cc1nc(C)c(C(=O)NCc2ccc(S(C)(=O)=O)c(C)c2)o1. The van der Waals surface area contributed by atoms with Crippen molar-refractivity contribution in [3.05, 3.63) is 46.7 Å². The van der Waals surface area contributed by atoms with E-state index in [0.29, 0.717) is 22.0 Å². The van der Waals surface area contributed by atoms with Gasteiger partial charge in [0.25, 0.3) is 5.91 Å². The van der Waals surface area contributed by atoms with Crippen LogP contribution in [0.15, 0.2) is 27.5 Å². The summed E-state index contributed by atoms with van der Waals surface area (Å²) >= 11 is 0. The highest BCUT2D eigenvalue weighted by Crippen LogP contribution is 2.17. The second-order valence-electron chi connectivity index (χ2n) is 5.20. The van der Waals surface area contributed by atoms with E-state index in [1.807, 2.05) is 0 Å². The molecule has 0 radical (unpaired) electrons. The van der Waals surface area contributed by atoms with E-state index in [0.717, 1.165) is 5.56 Å². The fraction of sp³-hybridized carbons (Fsp3) is 0.333. The van der Waals surface area contributed by atoms with Crippen LogP contribution in [0.1, 0.15) is 33.3 Å². The molecular weight excluding hydrogens is 304 g/mol. The highest BCUT2D eigenvalue weighted by Gasteiger charge is 2.16. The van der Waals surface area contributed by atoms with Gasteiger partial charge in [-0.1, -0.05) is 12.1 Å². The topological polar surface area (TPSA) is 89.3 Å². The lowest BCUT2D eigenvalue weighted by Crippen LogP contribution is -2.23. The largest absolute Gasteiger partial charge is 0.436 e. The number of sulfone groups is 1. The fourth-order valence-corrected chi connectivity index (χ4v) is 3.20. The number of carbonyl (C=O) groups is 1. The van der Waals surface area contributed by atoms with Gasteiger partial charge in [-0.2, -0.15) is 0 Å². The van der Waals surface area contributed by atoms with Crippen molar-refractivity contribution in [2.24, 2.45) is 0 Å². The summed E-state index contributed by atoms with van der Waals surface area (Å²) in [5.74, 6) is 0.293. The molecule has 1 aromatic heterocycles. The molecular formula is C15H18N2O4S. The molecule has 0 bridgehead atoms. The van der Waals surface area contributed by atoms with Gasteiger partial charge in [-0.15, -0.1) is 0 Å². The molecule has 0 aliphatic heterocycles. The summed E-state index contributed by atoms with van der Waals surface area (Å²) in [7, 11) is -3.24. The number of rotatable bonds is 4. The van der Waals surface area contributed by atoms with E-state index < -0.39 is 9.84 Å². The first-order valence-corrected chi connectivity index (χ1v) is 8.59. The van der Waals surface area contributed by atoms with Gasteiger partial charge in [0, 0.05) is 19.7 Å². The predicted molar refractivity (Wildman–Crippen MR) is 81.4 cm³/mol. The van der Waals surface area contributed by atoms with Gasteiger partial charge >= 0.3 is 0 Å². The van der Waals surface area contributed by atoms with Crippen LogP contribution in [0.4, 0.5) is 0 Å². The molecule has 1 aromatic carbocycles. The maximum Gasteiger partial charge on any atom is 0.289 e. The molecule has 22 heavy (non-hydrogen) atoms. The lowest BCUT2D eigenvalue weighted by molar-refractivity contribution is 0.0921. The molecule has 0 saturated heterocycles. The van der Waals surface area contributed by atoms with Crippen LogP contribution in [0.5, 0.6) is 0 Å². The average molecular weight is 322 g/mol. The molecule has 1 heterocycles. The Morgan fingerprint density at radius 1 is 1.27 bits per heavy atom. The Labute approximate surface area is 129 Å². The number of amides is 1. The van der Waals surface area contributed by atoms with Gasteiger partial charge in [0.05, 0.1) is 10.6 Å². The Hall–Kier alpha value is -2.15. The van der Waals surface area contributed by atoms with E-state index >= 15 is 0 Å². The highest BCUT2D eigenvalue weighted by molar-refractivity contribution is 7.90. The molecule has 118 valence electrons. The van der Waals surface area contributed by atoms with Crippen LogP contribution >= 0.6 is 0 Å². The number of nitrogens with one attached hydrogen (secondary N) is 1. The van der Waals surface area contributed by atoms with Crippen LogP contribution in [-0.4, -0.2) is 25.6 Å². The van der Waals surface area contributed by atoms with Crippen molar-refractivity contribution < 1.29 is 17.6 Å². The first kappa shape index (κ1) is 16.2. The molecule has 0 saturated carbocycles. The van der Waals surface area contributed by atoms with Crippen LogP contribution in [0.25, 0.3) is 0 Å². The number of carbonyl (C=O) groups excluding carboxylic acids is 1. The minimum atomic E-state index is -3.24. The number of hydrogen-bond donors (Lipinski definition) is 1. The van der Waals surface area contributed by atoms with Gasteiger partial charge in [-0.25, -0.2) is 13.4 Å². The predicted octanol–water partition coefficient (Wildman–Crippen LogP) is 1.93. The third-order valence-corrected chi connectivity index (χ3v) is 4.46. The molecule has 0 spiro atoms. The third kappa shape index (κ3) is 3.54. The molecule has 0 aliphatic carbocycles. The second-order valence-corrected chi connectivity index (χ2v) is 7.19. The Kier molecular flexibility index (Phi) is 4.37. The van der Waals surface area contributed by atoms with Crippen molar-refractivity contribution in [2.75, 3.05) is 6.26 Å². The number of benzene rings is 1. The summed E-state index contributed by atoms with van der Waals surface area (Å²) in [6.07, 6.45) is 1.17. The van der Waals surface area contributed by atoms with Gasteiger partial charge in [-0.3, -0.25) is 4.79 Å². The van der Waals surface area contributed by atoms with Crippen molar-refractivity contribution in [3.63, 3.8) is 0 Å². The van der Waals surface area contributed by atoms with E-state index in [9.17, 15) is 13.2 Å². The second kappa shape index (κ2) is 5.92. The van der Waals surface area contributed by atoms with Gasteiger partial charge in [0.2, 0.25) is 5.76 Å². The minimum Gasteiger partial charge on any atom is -0.436 e. The molecule has 7 heteroatoms. The van der Waals surface area contributed by atoms with Crippen molar-refractivity contribution >= 4 is 15.7 Å². The lowest BCUT2D eigenvalue weighted by atomic mass is 10.1. The summed E-state index contributed by atoms with van der Waals surface area (Å²) < 4.78 is 28.4. The van der Waals surface area contributed by atoms with E-state index in [1.54, 1.807) is 39.0 Å². The molecule has 6 nitrogen and oxygen atoms in total. The molecule has 0 unspecified atom stereocenters. The molecule has 1 amide bonds. The van der Waals surface area contributed by atoms with Gasteiger partial charge in [0.1, 0.15) is 0 Å². The first-order chi connectivity index (χ1) is 10.2. The normalized spacial score (nSPS) is 11.5. The number of nitrogens with zero attached hydrogens (tertiary/aromatic N) is 1. The van der Waals surface area contributed by atoms with Crippen LogP contribution in [0.3, 0.4) is 0 Å². The van der Waals surface area contributed by atoms with Crippen LogP contribution in [0.2, 0.25) is 0 Å². The van der Waals surface area contributed by atoms with E-state index in [4.69, 9.17) is 4.42 Å². The molecule has 2 rings (SSSR count). The van der Waals surface area contributed by atoms with Crippen LogP contribution in [0, 0.1) is 20.8 Å². The van der Waals surface area contributed by atoms with E-state index in [2.05, 4.69) is 10.3 Å². The summed E-state index contributed by atoms with van der Waals surface area (Å²) in [6, 6.07) is 4.98. The zero-order valence-electron chi connectivity index (χ0n) is 12.9. The van der Waals surface area contributed by atoms with Gasteiger partial charge in [-0.05, 0) is 31.0 Å². The summed E-state index contributed by atoms with van der Waals surface area (Å²) in [5.41, 5.74) is 2.01. The molecule has 2 aromatic rings. The fourth-order valence-electron chi connectivity index (χ4n) is 2.24. The van der Waals surface area contributed by atoms with E-state index in [-0.39, 0.29) is 18.2 Å². The minimum absolute atomic E-state index is 0.196. The molecule has 0 fully saturated rings. The summed E-state index contributed by atoms with van der Waals surface area (Å²) in [4.78, 5) is 16.4. The maximum absolute atomic E-state index is 12.0. The Bertz CT molecular complexity index is 822.